The van der Waals surface area contributed by atoms with Crippen molar-refractivity contribution in [3.8, 4) is 0 Å². The third-order valence-corrected chi connectivity index (χ3v) is 4.46. The van der Waals surface area contributed by atoms with Crippen LogP contribution in [0.1, 0.15) is 12.8 Å². The van der Waals surface area contributed by atoms with Crippen LogP contribution in [0.2, 0.25) is 0 Å². The van der Waals surface area contributed by atoms with E-state index in [1.807, 2.05) is 0 Å². The van der Waals surface area contributed by atoms with Crippen LogP contribution in [0.3, 0.4) is 0 Å². The Labute approximate surface area is 84.9 Å². The van der Waals surface area contributed by atoms with Gasteiger partial charge in [-0.05, 0) is 12.8 Å². The Morgan fingerprint density at radius 1 is 1.21 bits per heavy atom. The molecule has 0 aromatic heterocycles. The first kappa shape index (κ1) is 11.2. The summed E-state index contributed by atoms with van der Waals surface area (Å²) in [7, 11) is -3.48. The van der Waals surface area contributed by atoms with Gasteiger partial charge in [0.25, 0.3) is 10.1 Å². The van der Waals surface area contributed by atoms with Crippen LogP contribution in [-0.4, -0.2) is 19.3 Å². The molecule has 1 atom stereocenters. The molecule has 4 heteroatoms. The van der Waals surface area contributed by atoms with Crippen LogP contribution in [0.4, 0.5) is 0 Å². The lowest BCUT2D eigenvalue weighted by Gasteiger charge is -2.45. The van der Waals surface area contributed by atoms with E-state index in [1.54, 1.807) is 12.2 Å². The van der Waals surface area contributed by atoms with Gasteiger partial charge in [0.1, 0.15) is 10.9 Å². The van der Waals surface area contributed by atoms with Crippen molar-refractivity contribution in [1.82, 2.24) is 0 Å². The van der Waals surface area contributed by atoms with Gasteiger partial charge in [-0.25, -0.2) is 0 Å². The average molecular weight is 214 g/mol. The molecule has 0 bridgehead atoms. The second-order valence-corrected chi connectivity index (χ2v) is 5.17. The van der Waals surface area contributed by atoms with Gasteiger partial charge in [-0.3, -0.25) is 4.18 Å². The Kier molecular flexibility index (Phi) is 2.97. The van der Waals surface area contributed by atoms with Crippen molar-refractivity contribution in [2.45, 2.75) is 23.7 Å². The van der Waals surface area contributed by atoms with Crippen molar-refractivity contribution >= 4 is 10.1 Å². The highest BCUT2D eigenvalue weighted by atomic mass is 32.2. The molecule has 1 saturated heterocycles. The van der Waals surface area contributed by atoms with E-state index in [0.717, 1.165) is 0 Å². The fourth-order valence-corrected chi connectivity index (χ4v) is 3.34. The van der Waals surface area contributed by atoms with E-state index in [4.69, 9.17) is 4.18 Å². The Morgan fingerprint density at radius 3 is 2.00 bits per heavy atom. The van der Waals surface area contributed by atoms with E-state index >= 15 is 0 Å². The first-order valence-electron chi connectivity index (χ1n) is 4.31. The van der Waals surface area contributed by atoms with Crippen molar-refractivity contribution in [1.29, 1.82) is 0 Å². The molecule has 0 radical (unpaired) electrons. The zero-order valence-electron chi connectivity index (χ0n) is 7.98. The second kappa shape index (κ2) is 3.71. The summed E-state index contributed by atoms with van der Waals surface area (Å²) in [5.74, 6) is 0. The summed E-state index contributed by atoms with van der Waals surface area (Å²) >= 11 is 0. The zero-order valence-corrected chi connectivity index (χ0v) is 8.79. The third-order valence-electron chi connectivity index (χ3n) is 2.44. The van der Waals surface area contributed by atoms with Crippen LogP contribution >= 0.6 is 0 Å². The fourth-order valence-electron chi connectivity index (χ4n) is 1.68. The van der Waals surface area contributed by atoms with Crippen LogP contribution in [0.5, 0.6) is 0 Å². The van der Waals surface area contributed by atoms with Gasteiger partial charge in [0.05, 0.1) is 0 Å². The van der Waals surface area contributed by atoms with E-state index in [-0.39, 0.29) is 0 Å². The van der Waals surface area contributed by atoms with Crippen LogP contribution in [-0.2, 0) is 14.3 Å². The maximum absolute atomic E-state index is 11.5. The molecule has 1 heterocycles. The third kappa shape index (κ3) is 1.35. The highest BCUT2D eigenvalue weighted by Crippen LogP contribution is 2.44. The molecule has 1 unspecified atom stereocenters. The van der Waals surface area contributed by atoms with Crippen molar-refractivity contribution < 1.29 is 12.6 Å². The quantitative estimate of drug-likeness (QED) is 0.517. The highest BCUT2D eigenvalue weighted by Gasteiger charge is 2.59. The molecule has 1 rings (SSSR count). The molecule has 0 amide bonds. The lowest BCUT2D eigenvalue weighted by Crippen LogP contribution is -2.60. The van der Waals surface area contributed by atoms with Gasteiger partial charge in [0.15, 0.2) is 0 Å². The summed E-state index contributed by atoms with van der Waals surface area (Å²) in [6.07, 6.45) is 4.94. The summed E-state index contributed by atoms with van der Waals surface area (Å²) in [6, 6.07) is 0. The molecule has 0 saturated carbocycles. The molecule has 0 spiro atoms. The lowest BCUT2D eigenvalue weighted by molar-refractivity contribution is 0.121. The first-order chi connectivity index (χ1) is 6.54. The van der Waals surface area contributed by atoms with Crippen LogP contribution in [0, 0.1) is 0 Å². The molecule has 1 aliphatic heterocycles. The monoisotopic (exact) mass is 214 g/mol. The van der Waals surface area contributed by atoms with Gasteiger partial charge in [-0.15, -0.1) is 19.7 Å². The Hall–Kier alpha value is -0.870. The van der Waals surface area contributed by atoms with Gasteiger partial charge < -0.3 is 0 Å². The molecule has 0 aliphatic carbocycles. The summed E-state index contributed by atoms with van der Waals surface area (Å²) in [5, 5.41) is 0. The van der Waals surface area contributed by atoms with Crippen LogP contribution in [0.25, 0.3) is 0 Å². The van der Waals surface area contributed by atoms with E-state index in [0.29, 0.717) is 12.8 Å². The van der Waals surface area contributed by atoms with Crippen LogP contribution in [0.15, 0.2) is 38.0 Å². The first-order valence-corrected chi connectivity index (χ1v) is 5.72. The predicted molar refractivity (Wildman–Crippen MR) is 56.3 cm³/mol. The number of allylic oxidation sites excluding steroid dienone is 2. The molecule has 0 aromatic carbocycles. The Bertz CT molecular complexity index is 344. The summed E-state index contributed by atoms with van der Waals surface area (Å²) in [5.41, 5.74) is 0. The second-order valence-electron chi connectivity index (χ2n) is 3.26. The summed E-state index contributed by atoms with van der Waals surface area (Å²) < 4.78 is 26.9. The predicted octanol–water partition coefficient (Wildman–Crippen LogP) is 1.79. The van der Waals surface area contributed by atoms with E-state index < -0.39 is 21.0 Å². The molecule has 14 heavy (non-hydrogen) atoms. The topological polar surface area (TPSA) is 43.4 Å². The molecule has 0 N–H and O–H groups in total. The normalized spacial score (nSPS) is 27.3. The molecule has 3 nitrogen and oxygen atoms in total. The number of hydrogen-bond donors (Lipinski definition) is 0. The maximum atomic E-state index is 11.5. The lowest BCUT2D eigenvalue weighted by atomic mass is 9.93. The summed E-state index contributed by atoms with van der Waals surface area (Å²) in [6.45, 7) is 10.7. The smallest absolute Gasteiger partial charge is 0.260 e. The Morgan fingerprint density at radius 2 is 1.71 bits per heavy atom. The Balaban J connectivity index is 3.08. The summed E-state index contributed by atoms with van der Waals surface area (Å²) in [4.78, 5) is 0. The zero-order chi connectivity index (χ0) is 10.8. The number of rotatable bonds is 5. The molecule has 0 aromatic rings. The molecular formula is C10H14O3S. The highest BCUT2D eigenvalue weighted by molar-refractivity contribution is 7.89. The van der Waals surface area contributed by atoms with Gasteiger partial charge >= 0.3 is 0 Å². The number of hydrogen-bond acceptors (Lipinski definition) is 3. The van der Waals surface area contributed by atoms with Crippen molar-refractivity contribution in [2.24, 2.45) is 0 Å². The van der Waals surface area contributed by atoms with Crippen molar-refractivity contribution in [3.63, 3.8) is 0 Å². The largest absolute Gasteiger partial charge is 0.277 e. The molecular weight excluding hydrogens is 200 g/mol. The van der Waals surface area contributed by atoms with E-state index in [9.17, 15) is 8.42 Å². The van der Waals surface area contributed by atoms with Crippen molar-refractivity contribution in [3.05, 3.63) is 38.0 Å². The minimum atomic E-state index is -3.48. The minimum Gasteiger partial charge on any atom is -0.260 e. The standard InChI is InChI=1S/C10H14O3S/c1-4-7-10(8-5-2)9(6-3)13-14(10,11)12/h4-6,9H,1-3,7-8H2. The molecule has 1 fully saturated rings. The van der Waals surface area contributed by atoms with Crippen molar-refractivity contribution in [2.75, 3.05) is 0 Å². The van der Waals surface area contributed by atoms with Crippen LogP contribution < -0.4 is 0 Å². The molecule has 78 valence electrons. The van der Waals surface area contributed by atoms with Gasteiger partial charge in [-0.2, -0.15) is 8.42 Å². The molecule has 1 aliphatic rings. The minimum absolute atomic E-state index is 0.359. The maximum Gasteiger partial charge on any atom is 0.277 e. The van der Waals surface area contributed by atoms with E-state index in [1.165, 1.54) is 6.08 Å². The average Bonchev–Trinajstić information content (AvgIpc) is 2.14. The van der Waals surface area contributed by atoms with Gasteiger partial charge in [0, 0.05) is 0 Å². The van der Waals surface area contributed by atoms with Gasteiger partial charge in [-0.1, -0.05) is 18.2 Å². The fraction of sp³-hybridized carbons (Fsp3) is 0.400. The van der Waals surface area contributed by atoms with Gasteiger partial charge in [0.2, 0.25) is 0 Å². The van der Waals surface area contributed by atoms with E-state index in [2.05, 4.69) is 19.7 Å². The SMILES string of the molecule is C=CCC1(CC=C)C(C=C)OS1(=O)=O.